The first-order chi connectivity index (χ1) is 8.36. The SMILES string of the molecule is Fc1ncccc1OCCOc1ccccc1. The number of hydrogen-bond acceptors (Lipinski definition) is 3. The molecule has 0 bridgehead atoms. The van der Waals surface area contributed by atoms with Gasteiger partial charge in [-0.1, -0.05) is 18.2 Å². The van der Waals surface area contributed by atoms with E-state index < -0.39 is 5.95 Å². The number of ether oxygens (including phenoxy) is 2. The van der Waals surface area contributed by atoms with Gasteiger partial charge in [-0.15, -0.1) is 0 Å². The fourth-order valence-electron chi connectivity index (χ4n) is 1.31. The van der Waals surface area contributed by atoms with Crippen LogP contribution < -0.4 is 9.47 Å². The maximum atomic E-state index is 13.1. The molecule has 0 amide bonds. The molecule has 0 atom stereocenters. The number of aromatic nitrogens is 1. The van der Waals surface area contributed by atoms with E-state index in [4.69, 9.17) is 9.47 Å². The Kier molecular flexibility index (Phi) is 3.91. The Morgan fingerprint density at radius 3 is 2.47 bits per heavy atom. The van der Waals surface area contributed by atoms with Crippen molar-refractivity contribution in [3.05, 3.63) is 54.6 Å². The van der Waals surface area contributed by atoms with E-state index in [0.29, 0.717) is 6.61 Å². The van der Waals surface area contributed by atoms with Gasteiger partial charge in [-0.3, -0.25) is 0 Å². The number of nitrogens with zero attached hydrogens (tertiary/aromatic N) is 1. The summed E-state index contributed by atoms with van der Waals surface area (Å²) in [6.45, 7) is 0.635. The van der Waals surface area contributed by atoms with Crippen molar-refractivity contribution in [1.82, 2.24) is 4.98 Å². The second-order valence-electron chi connectivity index (χ2n) is 3.30. The van der Waals surface area contributed by atoms with Crippen LogP contribution >= 0.6 is 0 Å². The summed E-state index contributed by atoms with van der Waals surface area (Å²) in [5.74, 6) is 0.305. The van der Waals surface area contributed by atoms with Crippen molar-refractivity contribution < 1.29 is 13.9 Å². The molecule has 0 N–H and O–H groups in total. The summed E-state index contributed by atoms with van der Waals surface area (Å²) in [6.07, 6.45) is 1.38. The Morgan fingerprint density at radius 1 is 0.941 bits per heavy atom. The molecule has 0 fully saturated rings. The molecule has 4 heteroatoms. The molecular weight excluding hydrogens is 221 g/mol. The van der Waals surface area contributed by atoms with E-state index in [9.17, 15) is 4.39 Å². The van der Waals surface area contributed by atoms with E-state index in [-0.39, 0.29) is 12.4 Å². The Balaban J connectivity index is 1.76. The molecule has 88 valence electrons. The molecule has 1 aromatic carbocycles. The molecule has 2 rings (SSSR count). The summed E-state index contributed by atoms with van der Waals surface area (Å²) >= 11 is 0. The lowest BCUT2D eigenvalue weighted by Crippen LogP contribution is -2.09. The van der Waals surface area contributed by atoms with Crippen molar-refractivity contribution in [2.24, 2.45) is 0 Å². The van der Waals surface area contributed by atoms with Gasteiger partial charge in [-0.25, -0.2) is 4.98 Å². The van der Waals surface area contributed by atoms with Crippen LogP contribution in [-0.2, 0) is 0 Å². The zero-order chi connectivity index (χ0) is 11.9. The largest absolute Gasteiger partial charge is 0.490 e. The molecule has 0 aliphatic carbocycles. The zero-order valence-electron chi connectivity index (χ0n) is 9.17. The summed E-state index contributed by atoms with van der Waals surface area (Å²) in [5.41, 5.74) is 0. The molecule has 0 radical (unpaired) electrons. The van der Waals surface area contributed by atoms with E-state index in [1.54, 1.807) is 6.07 Å². The van der Waals surface area contributed by atoms with Crippen molar-refractivity contribution in [2.45, 2.75) is 0 Å². The van der Waals surface area contributed by atoms with Crippen LogP contribution in [-0.4, -0.2) is 18.2 Å². The summed E-state index contributed by atoms with van der Waals surface area (Å²) in [7, 11) is 0. The van der Waals surface area contributed by atoms with Gasteiger partial charge in [-0.05, 0) is 24.3 Å². The van der Waals surface area contributed by atoms with E-state index in [2.05, 4.69) is 4.98 Å². The first-order valence-electron chi connectivity index (χ1n) is 5.27. The quantitative estimate of drug-likeness (QED) is 0.587. The normalized spacial score (nSPS) is 9.94. The lowest BCUT2D eigenvalue weighted by atomic mass is 10.3. The minimum atomic E-state index is -0.604. The number of para-hydroxylation sites is 1. The number of halogens is 1. The number of benzene rings is 1. The fraction of sp³-hybridized carbons (Fsp3) is 0.154. The predicted octanol–water partition coefficient (Wildman–Crippen LogP) is 2.68. The molecule has 0 aliphatic heterocycles. The fourth-order valence-corrected chi connectivity index (χ4v) is 1.31. The van der Waals surface area contributed by atoms with Gasteiger partial charge in [-0.2, -0.15) is 4.39 Å². The topological polar surface area (TPSA) is 31.4 Å². The van der Waals surface area contributed by atoms with Crippen LogP contribution in [0.1, 0.15) is 0 Å². The molecule has 0 aliphatic rings. The van der Waals surface area contributed by atoms with Crippen molar-refractivity contribution in [3.63, 3.8) is 0 Å². The van der Waals surface area contributed by atoms with Gasteiger partial charge in [0.05, 0.1) is 0 Å². The van der Waals surface area contributed by atoms with Gasteiger partial charge >= 0.3 is 0 Å². The van der Waals surface area contributed by atoms with Gasteiger partial charge in [0.2, 0.25) is 0 Å². The van der Waals surface area contributed by atoms with E-state index in [0.717, 1.165) is 5.75 Å². The third-order valence-corrected chi connectivity index (χ3v) is 2.08. The van der Waals surface area contributed by atoms with Gasteiger partial charge in [0.25, 0.3) is 5.95 Å². The molecule has 2 aromatic rings. The van der Waals surface area contributed by atoms with Crippen LogP contribution in [0, 0.1) is 5.95 Å². The van der Waals surface area contributed by atoms with Crippen LogP contribution in [0.15, 0.2) is 48.7 Å². The van der Waals surface area contributed by atoms with Gasteiger partial charge in [0, 0.05) is 6.20 Å². The predicted molar refractivity (Wildman–Crippen MR) is 61.6 cm³/mol. The Hall–Kier alpha value is -2.10. The van der Waals surface area contributed by atoms with Crippen molar-refractivity contribution in [2.75, 3.05) is 13.2 Å². The monoisotopic (exact) mass is 233 g/mol. The van der Waals surface area contributed by atoms with Crippen LogP contribution in [0.25, 0.3) is 0 Å². The maximum absolute atomic E-state index is 13.1. The van der Waals surface area contributed by atoms with Crippen molar-refractivity contribution >= 4 is 0 Å². The Labute approximate surface area is 98.8 Å². The summed E-state index contributed by atoms with van der Waals surface area (Å²) in [6, 6.07) is 12.5. The summed E-state index contributed by atoms with van der Waals surface area (Å²) in [5, 5.41) is 0. The Bertz CT molecular complexity index is 462. The lowest BCUT2D eigenvalue weighted by Gasteiger charge is -2.08. The average Bonchev–Trinajstić information content (AvgIpc) is 2.38. The molecule has 1 aromatic heterocycles. The number of pyridine rings is 1. The van der Waals surface area contributed by atoms with Crippen LogP contribution in [0.5, 0.6) is 11.5 Å². The first kappa shape index (κ1) is 11.4. The highest BCUT2D eigenvalue weighted by molar-refractivity contribution is 5.21. The molecule has 0 saturated heterocycles. The summed E-state index contributed by atoms with van der Waals surface area (Å²) < 4.78 is 23.7. The zero-order valence-corrected chi connectivity index (χ0v) is 9.17. The summed E-state index contributed by atoms with van der Waals surface area (Å²) in [4.78, 5) is 3.48. The minimum absolute atomic E-state index is 0.143. The maximum Gasteiger partial charge on any atom is 0.255 e. The molecule has 17 heavy (non-hydrogen) atoms. The van der Waals surface area contributed by atoms with Gasteiger partial charge < -0.3 is 9.47 Å². The lowest BCUT2D eigenvalue weighted by molar-refractivity contribution is 0.210. The number of hydrogen-bond donors (Lipinski definition) is 0. The second kappa shape index (κ2) is 5.84. The van der Waals surface area contributed by atoms with E-state index in [1.807, 2.05) is 30.3 Å². The highest BCUT2D eigenvalue weighted by Crippen LogP contribution is 2.13. The Morgan fingerprint density at radius 2 is 1.71 bits per heavy atom. The molecule has 1 heterocycles. The van der Waals surface area contributed by atoms with Crippen LogP contribution in [0.4, 0.5) is 4.39 Å². The average molecular weight is 233 g/mol. The molecule has 0 unspecified atom stereocenters. The number of rotatable bonds is 5. The molecule has 0 spiro atoms. The third kappa shape index (κ3) is 3.45. The smallest absolute Gasteiger partial charge is 0.255 e. The molecular formula is C13H12FNO2. The van der Waals surface area contributed by atoms with Crippen LogP contribution in [0.3, 0.4) is 0 Å². The molecule has 3 nitrogen and oxygen atoms in total. The highest BCUT2D eigenvalue weighted by atomic mass is 19.1. The third-order valence-electron chi connectivity index (χ3n) is 2.08. The van der Waals surface area contributed by atoms with Gasteiger partial charge in [0.15, 0.2) is 5.75 Å². The highest BCUT2D eigenvalue weighted by Gasteiger charge is 2.02. The van der Waals surface area contributed by atoms with Crippen molar-refractivity contribution in [1.29, 1.82) is 0 Å². The standard InChI is InChI=1S/C13H12FNO2/c14-13-12(7-4-8-15-13)17-10-9-16-11-5-2-1-3-6-11/h1-8H,9-10H2. The van der Waals surface area contributed by atoms with Crippen molar-refractivity contribution in [3.8, 4) is 11.5 Å². The second-order valence-corrected chi connectivity index (χ2v) is 3.30. The van der Waals surface area contributed by atoms with Crippen LogP contribution in [0.2, 0.25) is 0 Å². The molecule has 0 saturated carbocycles. The van der Waals surface area contributed by atoms with E-state index in [1.165, 1.54) is 12.3 Å². The van der Waals surface area contributed by atoms with E-state index >= 15 is 0 Å². The minimum Gasteiger partial charge on any atom is -0.490 e. The first-order valence-corrected chi connectivity index (χ1v) is 5.27. The van der Waals surface area contributed by atoms with Gasteiger partial charge in [0.1, 0.15) is 19.0 Å².